The fourth-order valence-electron chi connectivity index (χ4n) is 2.57. The lowest BCUT2D eigenvalue weighted by Crippen LogP contribution is -2.30. The molecule has 0 saturated carbocycles. The summed E-state index contributed by atoms with van der Waals surface area (Å²) in [6.07, 6.45) is 1.94. The van der Waals surface area contributed by atoms with Crippen LogP contribution in [0.15, 0.2) is 36.5 Å². The minimum Gasteiger partial charge on any atom is -0.342 e. The van der Waals surface area contributed by atoms with Crippen LogP contribution in [0, 0.1) is 6.92 Å². The first-order valence-corrected chi connectivity index (χ1v) is 10.4. The lowest BCUT2D eigenvalue weighted by atomic mass is 10.3. The predicted octanol–water partition coefficient (Wildman–Crippen LogP) is 2.56. The SMILES string of the molecule is Cc1nc(Nc2ncc(CC(=O)Nc3ccccc3)s2)nc(N(C)CCN(C)C)n1. The highest BCUT2D eigenvalue weighted by atomic mass is 32.1. The van der Waals surface area contributed by atoms with Crippen molar-refractivity contribution in [2.45, 2.75) is 13.3 Å². The number of aromatic nitrogens is 4. The van der Waals surface area contributed by atoms with Crippen LogP contribution in [0.1, 0.15) is 10.7 Å². The van der Waals surface area contributed by atoms with E-state index in [0.29, 0.717) is 22.9 Å². The summed E-state index contributed by atoms with van der Waals surface area (Å²) in [5, 5.41) is 6.63. The van der Waals surface area contributed by atoms with Gasteiger partial charge in [0.15, 0.2) is 5.13 Å². The van der Waals surface area contributed by atoms with Crippen molar-refractivity contribution >= 4 is 40.0 Å². The second-order valence-corrected chi connectivity index (χ2v) is 8.19. The molecule has 158 valence electrons. The Kier molecular flexibility index (Phi) is 7.26. The molecule has 0 spiro atoms. The van der Waals surface area contributed by atoms with E-state index < -0.39 is 0 Å². The first-order valence-electron chi connectivity index (χ1n) is 9.54. The molecule has 9 nitrogen and oxygen atoms in total. The summed E-state index contributed by atoms with van der Waals surface area (Å²) in [4.78, 5) is 34.8. The standard InChI is InChI=1S/C20H26N8OS/c1-14-22-18(25-19(23-14)28(4)11-10-27(2)3)26-20-21-13-16(30-20)12-17(29)24-15-8-6-5-7-9-15/h5-9,13H,10-12H2,1-4H3,(H,24,29)(H,21,22,23,25,26). The fourth-order valence-corrected chi connectivity index (χ4v) is 3.38. The Balaban J connectivity index is 1.61. The Labute approximate surface area is 180 Å². The van der Waals surface area contributed by atoms with Crippen molar-refractivity contribution < 1.29 is 4.79 Å². The number of hydrogen-bond donors (Lipinski definition) is 2. The van der Waals surface area contributed by atoms with E-state index in [4.69, 9.17) is 0 Å². The Morgan fingerprint density at radius 2 is 1.83 bits per heavy atom. The van der Waals surface area contributed by atoms with Gasteiger partial charge in [-0.1, -0.05) is 18.2 Å². The largest absolute Gasteiger partial charge is 0.342 e. The van der Waals surface area contributed by atoms with E-state index >= 15 is 0 Å². The van der Waals surface area contributed by atoms with Crippen molar-refractivity contribution in [1.82, 2.24) is 24.8 Å². The highest BCUT2D eigenvalue weighted by Gasteiger charge is 2.12. The summed E-state index contributed by atoms with van der Waals surface area (Å²) in [6.45, 7) is 3.52. The fraction of sp³-hybridized carbons (Fsp3) is 0.350. The Bertz CT molecular complexity index is 976. The van der Waals surface area contributed by atoms with Gasteiger partial charge in [-0.25, -0.2) is 4.98 Å². The molecule has 0 unspecified atom stereocenters. The molecule has 0 bridgehead atoms. The molecule has 0 aliphatic heterocycles. The smallest absolute Gasteiger partial charge is 0.234 e. The van der Waals surface area contributed by atoms with Gasteiger partial charge in [-0.2, -0.15) is 15.0 Å². The summed E-state index contributed by atoms with van der Waals surface area (Å²) in [5.74, 6) is 1.57. The maximum atomic E-state index is 12.2. The van der Waals surface area contributed by atoms with Crippen LogP contribution >= 0.6 is 11.3 Å². The van der Waals surface area contributed by atoms with Crippen molar-refractivity contribution in [2.75, 3.05) is 49.8 Å². The Morgan fingerprint density at radius 3 is 2.57 bits per heavy atom. The van der Waals surface area contributed by atoms with Crippen LogP contribution in [0.2, 0.25) is 0 Å². The summed E-state index contributed by atoms with van der Waals surface area (Å²) in [6, 6.07) is 9.38. The number of hydrogen-bond acceptors (Lipinski definition) is 9. The molecule has 0 radical (unpaired) electrons. The number of anilines is 4. The van der Waals surface area contributed by atoms with E-state index in [1.165, 1.54) is 11.3 Å². The number of aryl methyl sites for hydroxylation is 1. The monoisotopic (exact) mass is 426 g/mol. The molecule has 2 aromatic heterocycles. The quantitative estimate of drug-likeness (QED) is 0.539. The van der Waals surface area contributed by atoms with E-state index in [0.717, 1.165) is 23.7 Å². The summed E-state index contributed by atoms with van der Waals surface area (Å²) in [7, 11) is 6.01. The third-order valence-corrected chi connectivity index (χ3v) is 5.04. The third-order valence-electron chi connectivity index (χ3n) is 4.12. The molecule has 2 N–H and O–H groups in total. The molecule has 3 aromatic rings. The third kappa shape index (κ3) is 6.46. The molecule has 1 aromatic carbocycles. The molecule has 0 saturated heterocycles. The van der Waals surface area contributed by atoms with Crippen molar-refractivity contribution in [3.05, 3.63) is 47.2 Å². The number of rotatable bonds is 9. The zero-order valence-corrected chi connectivity index (χ0v) is 18.4. The Hall–Kier alpha value is -3.11. The molecule has 1 amide bonds. The van der Waals surface area contributed by atoms with Gasteiger partial charge in [0.1, 0.15) is 5.82 Å². The first kappa shape index (κ1) is 21.6. The number of amides is 1. The minimum atomic E-state index is -0.0859. The molecule has 0 atom stereocenters. The van der Waals surface area contributed by atoms with Gasteiger partial charge in [-0.05, 0) is 33.2 Å². The van der Waals surface area contributed by atoms with Gasteiger partial charge in [-0.15, -0.1) is 11.3 Å². The highest BCUT2D eigenvalue weighted by molar-refractivity contribution is 7.15. The summed E-state index contributed by atoms with van der Waals surface area (Å²) < 4.78 is 0. The Morgan fingerprint density at radius 1 is 1.07 bits per heavy atom. The minimum absolute atomic E-state index is 0.0859. The topological polar surface area (TPSA) is 99.2 Å². The van der Waals surface area contributed by atoms with Crippen LogP contribution in [0.5, 0.6) is 0 Å². The number of carbonyl (C=O) groups excluding carboxylic acids is 1. The summed E-state index contributed by atoms with van der Waals surface area (Å²) >= 11 is 1.40. The molecule has 30 heavy (non-hydrogen) atoms. The number of para-hydroxylation sites is 1. The molecular formula is C20H26N8OS. The van der Waals surface area contributed by atoms with E-state index in [9.17, 15) is 4.79 Å². The van der Waals surface area contributed by atoms with Gasteiger partial charge >= 0.3 is 0 Å². The number of benzene rings is 1. The molecular weight excluding hydrogens is 400 g/mol. The molecule has 3 rings (SSSR count). The van der Waals surface area contributed by atoms with Gasteiger partial charge < -0.3 is 15.1 Å². The number of likely N-dealkylation sites (N-methyl/N-ethyl adjacent to an activating group) is 2. The molecule has 2 heterocycles. The van der Waals surface area contributed by atoms with Crippen molar-refractivity contribution in [1.29, 1.82) is 0 Å². The first-order chi connectivity index (χ1) is 14.4. The zero-order valence-electron chi connectivity index (χ0n) is 17.6. The number of carbonyl (C=O) groups is 1. The van der Waals surface area contributed by atoms with Crippen LogP contribution < -0.4 is 15.5 Å². The molecule has 0 fully saturated rings. The van der Waals surface area contributed by atoms with Crippen LogP contribution in [0.25, 0.3) is 0 Å². The molecule has 0 aliphatic rings. The van der Waals surface area contributed by atoms with E-state index in [1.54, 1.807) is 6.20 Å². The second-order valence-electron chi connectivity index (χ2n) is 7.08. The predicted molar refractivity (Wildman–Crippen MR) is 121 cm³/mol. The van der Waals surface area contributed by atoms with Gasteiger partial charge in [0.25, 0.3) is 0 Å². The summed E-state index contributed by atoms with van der Waals surface area (Å²) in [5.41, 5.74) is 0.775. The number of thiazole rings is 1. The van der Waals surface area contributed by atoms with Crippen LogP contribution in [0.3, 0.4) is 0 Å². The van der Waals surface area contributed by atoms with E-state index in [-0.39, 0.29) is 12.3 Å². The second kappa shape index (κ2) is 10.1. The van der Waals surface area contributed by atoms with E-state index in [2.05, 4.69) is 35.5 Å². The average Bonchev–Trinajstić information content (AvgIpc) is 3.12. The van der Waals surface area contributed by atoms with Gasteiger partial charge in [0, 0.05) is 36.9 Å². The number of nitrogens with one attached hydrogen (secondary N) is 2. The van der Waals surface area contributed by atoms with Gasteiger partial charge in [0.2, 0.25) is 17.8 Å². The van der Waals surface area contributed by atoms with Crippen LogP contribution in [-0.4, -0.2) is 65.0 Å². The van der Waals surface area contributed by atoms with Crippen molar-refractivity contribution in [3.8, 4) is 0 Å². The maximum absolute atomic E-state index is 12.2. The van der Waals surface area contributed by atoms with E-state index in [1.807, 2.05) is 63.3 Å². The lowest BCUT2D eigenvalue weighted by molar-refractivity contribution is -0.115. The van der Waals surface area contributed by atoms with Crippen LogP contribution in [0.4, 0.5) is 22.7 Å². The molecule has 10 heteroatoms. The lowest BCUT2D eigenvalue weighted by Gasteiger charge is -2.20. The van der Waals surface area contributed by atoms with Crippen molar-refractivity contribution in [3.63, 3.8) is 0 Å². The zero-order chi connectivity index (χ0) is 21.5. The average molecular weight is 427 g/mol. The molecule has 0 aliphatic carbocycles. The van der Waals surface area contributed by atoms with Gasteiger partial charge in [-0.3, -0.25) is 10.1 Å². The van der Waals surface area contributed by atoms with Crippen LogP contribution in [-0.2, 0) is 11.2 Å². The number of nitrogens with zero attached hydrogens (tertiary/aromatic N) is 6. The highest BCUT2D eigenvalue weighted by Crippen LogP contribution is 2.22. The normalized spacial score (nSPS) is 10.8. The van der Waals surface area contributed by atoms with Gasteiger partial charge in [0.05, 0.1) is 6.42 Å². The van der Waals surface area contributed by atoms with Crippen molar-refractivity contribution in [2.24, 2.45) is 0 Å². The maximum Gasteiger partial charge on any atom is 0.234 e.